The molecule has 0 aliphatic carbocycles. The maximum absolute atomic E-state index is 13.7. The molecule has 0 heterocycles. The maximum Gasteiger partial charge on any atom is 0.251 e. The third-order valence-corrected chi connectivity index (χ3v) is 9.03. The number of nitrogens with zero attached hydrogens (tertiary/aromatic N) is 1. The molecule has 0 aromatic heterocycles. The first-order valence-corrected chi connectivity index (χ1v) is 18.2. The summed E-state index contributed by atoms with van der Waals surface area (Å²) in [6.45, 7) is 13.1. The first kappa shape index (κ1) is 40.2. The molecule has 2 aromatic rings. The molecule has 4 amide bonds. The highest BCUT2D eigenvalue weighted by Crippen LogP contribution is 2.22. The van der Waals surface area contributed by atoms with Crippen molar-refractivity contribution in [1.82, 2.24) is 21.3 Å². The monoisotopic (exact) mass is 687 g/mol. The lowest BCUT2D eigenvalue weighted by Crippen LogP contribution is -2.53. The van der Waals surface area contributed by atoms with Crippen LogP contribution in [0.1, 0.15) is 87.6 Å². The van der Waals surface area contributed by atoms with Gasteiger partial charge in [0.1, 0.15) is 6.04 Å². The molecule has 0 aliphatic heterocycles. The number of amides is 4. The van der Waals surface area contributed by atoms with Crippen molar-refractivity contribution in [3.8, 4) is 0 Å². The molecule has 4 unspecified atom stereocenters. The fraction of sp³-hybridized carbons (Fsp3) is 0.543. The summed E-state index contributed by atoms with van der Waals surface area (Å²) in [4.78, 5) is 52.6. The predicted octanol–water partition coefficient (Wildman–Crippen LogP) is 3.21. The zero-order valence-corrected chi connectivity index (χ0v) is 30.4. The summed E-state index contributed by atoms with van der Waals surface area (Å²) in [6, 6.07) is 11.8. The highest BCUT2D eigenvalue weighted by Gasteiger charge is 2.31. The van der Waals surface area contributed by atoms with E-state index in [1.54, 1.807) is 6.92 Å². The van der Waals surface area contributed by atoms with Crippen molar-refractivity contribution in [1.29, 1.82) is 0 Å². The molecule has 0 aliphatic rings. The van der Waals surface area contributed by atoms with Crippen molar-refractivity contribution in [2.45, 2.75) is 92.1 Å². The molecule has 0 fully saturated rings. The van der Waals surface area contributed by atoms with Gasteiger partial charge < -0.3 is 26.4 Å². The Kier molecular flexibility index (Phi) is 15.1. The number of nitrogens with one attached hydrogen (secondary N) is 4. The van der Waals surface area contributed by atoms with E-state index in [1.165, 1.54) is 25.2 Å². The van der Waals surface area contributed by atoms with Gasteiger partial charge in [-0.1, -0.05) is 65.0 Å². The molecular formula is C35H53N5O7S. The summed E-state index contributed by atoms with van der Waals surface area (Å²) < 4.78 is 25.7. The quantitative estimate of drug-likeness (QED) is 0.170. The van der Waals surface area contributed by atoms with Gasteiger partial charge in [0.25, 0.3) is 11.8 Å². The maximum atomic E-state index is 13.7. The van der Waals surface area contributed by atoms with Crippen LogP contribution in [0.5, 0.6) is 0 Å². The summed E-state index contributed by atoms with van der Waals surface area (Å²) in [6.07, 6.45) is 0.264. The van der Waals surface area contributed by atoms with Crippen molar-refractivity contribution < 1.29 is 32.7 Å². The number of carbonyl (C=O) groups excluding carboxylic acids is 4. The zero-order chi connectivity index (χ0) is 36.3. The van der Waals surface area contributed by atoms with Gasteiger partial charge in [-0.15, -0.1) is 0 Å². The molecular weight excluding hydrogens is 634 g/mol. The molecule has 0 radical (unpaired) electrons. The lowest BCUT2D eigenvalue weighted by atomic mass is 9.91. The van der Waals surface area contributed by atoms with Crippen LogP contribution in [0.2, 0.25) is 0 Å². The van der Waals surface area contributed by atoms with E-state index in [4.69, 9.17) is 0 Å². The van der Waals surface area contributed by atoms with E-state index in [-0.39, 0.29) is 53.6 Å². The SMILES string of the molecule is CC(C)CC(NC(=O)c1cc(C(=O)NCc2ccccc2)cc(N(C)S(C)(=O)=O)c1)C(O)CC(C)C(=O)NC(C(=O)NC(C)C)C(C)C. The zero-order valence-electron chi connectivity index (χ0n) is 29.5. The Bertz CT molecular complexity index is 1510. The number of carbonyl (C=O) groups is 4. The molecule has 5 N–H and O–H groups in total. The molecule has 12 nitrogen and oxygen atoms in total. The van der Waals surface area contributed by atoms with Crippen LogP contribution >= 0.6 is 0 Å². The number of benzene rings is 2. The van der Waals surface area contributed by atoms with Crippen LogP contribution in [0.15, 0.2) is 48.5 Å². The number of sulfonamides is 1. The van der Waals surface area contributed by atoms with E-state index in [9.17, 15) is 32.7 Å². The number of aliphatic hydroxyl groups excluding tert-OH is 1. The highest BCUT2D eigenvalue weighted by molar-refractivity contribution is 7.92. The molecule has 0 saturated carbocycles. The molecule has 4 atom stereocenters. The Morgan fingerprint density at radius 2 is 1.38 bits per heavy atom. The second-order valence-corrected chi connectivity index (χ2v) is 15.5. The third kappa shape index (κ3) is 12.6. The fourth-order valence-electron chi connectivity index (χ4n) is 5.04. The van der Waals surface area contributed by atoms with E-state index in [1.807, 2.05) is 71.9 Å². The van der Waals surface area contributed by atoms with Crippen LogP contribution in [-0.2, 0) is 26.2 Å². The van der Waals surface area contributed by atoms with Crippen LogP contribution < -0.4 is 25.6 Å². The molecule has 0 bridgehead atoms. The molecule has 0 spiro atoms. The van der Waals surface area contributed by atoms with Crippen LogP contribution in [0.4, 0.5) is 5.69 Å². The minimum atomic E-state index is -3.73. The van der Waals surface area contributed by atoms with Gasteiger partial charge in [-0.3, -0.25) is 23.5 Å². The largest absolute Gasteiger partial charge is 0.391 e. The van der Waals surface area contributed by atoms with E-state index >= 15 is 0 Å². The van der Waals surface area contributed by atoms with Crippen LogP contribution in [-0.4, -0.2) is 74.7 Å². The Morgan fingerprint density at radius 1 is 0.792 bits per heavy atom. The number of hydrogen-bond donors (Lipinski definition) is 5. The Morgan fingerprint density at radius 3 is 1.90 bits per heavy atom. The minimum absolute atomic E-state index is 0.00408. The fourth-order valence-corrected chi connectivity index (χ4v) is 5.53. The smallest absolute Gasteiger partial charge is 0.251 e. The summed E-state index contributed by atoms with van der Waals surface area (Å²) in [5.41, 5.74) is 1.08. The summed E-state index contributed by atoms with van der Waals surface area (Å²) in [5.74, 6) is -2.61. The lowest BCUT2D eigenvalue weighted by Gasteiger charge is -2.29. The molecule has 0 saturated heterocycles. The van der Waals surface area contributed by atoms with Gasteiger partial charge in [-0.25, -0.2) is 8.42 Å². The number of hydrogen-bond acceptors (Lipinski definition) is 7. The van der Waals surface area contributed by atoms with Crippen molar-refractivity contribution >= 4 is 39.3 Å². The Hall–Kier alpha value is -3.97. The second kappa shape index (κ2) is 18.0. The topological polar surface area (TPSA) is 174 Å². The predicted molar refractivity (Wildman–Crippen MR) is 188 cm³/mol. The van der Waals surface area contributed by atoms with Crippen molar-refractivity contribution in [2.75, 3.05) is 17.6 Å². The van der Waals surface area contributed by atoms with Crippen LogP contribution in [0.3, 0.4) is 0 Å². The number of anilines is 1. The van der Waals surface area contributed by atoms with E-state index in [2.05, 4.69) is 21.3 Å². The number of rotatable bonds is 17. The standard InChI is InChI=1S/C35H53N5O7S/c1-21(2)15-29(30(41)16-24(7)32(42)39-31(22(3)4)35(45)37-23(5)6)38-34(44)27-17-26(18-28(19-27)40(8)48(9,46)47)33(43)36-20-25-13-11-10-12-14-25/h10-14,17-19,21-24,29-31,41H,15-16,20H2,1-9H3,(H,36,43)(H,37,45)(H,38,44)(H,39,42). The Labute approximate surface area is 285 Å². The normalized spacial score (nSPS) is 14.2. The van der Waals surface area contributed by atoms with Gasteiger partial charge in [0, 0.05) is 36.7 Å². The third-order valence-electron chi connectivity index (χ3n) is 7.83. The first-order valence-electron chi connectivity index (χ1n) is 16.3. The molecule has 2 aromatic carbocycles. The van der Waals surface area contributed by atoms with Gasteiger partial charge in [0.2, 0.25) is 21.8 Å². The van der Waals surface area contributed by atoms with Crippen molar-refractivity contribution in [2.24, 2.45) is 17.8 Å². The van der Waals surface area contributed by atoms with Gasteiger partial charge in [0.05, 0.1) is 24.1 Å². The average molecular weight is 688 g/mol. The molecule has 13 heteroatoms. The Balaban J connectivity index is 2.30. The summed E-state index contributed by atoms with van der Waals surface area (Å²) in [5, 5.41) is 22.6. The van der Waals surface area contributed by atoms with E-state index in [0.717, 1.165) is 16.1 Å². The van der Waals surface area contributed by atoms with Gasteiger partial charge in [-0.05, 0) is 62.3 Å². The van der Waals surface area contributed by atoms with Gasteiger partial charge in [-0.2, -0.15) is 0 Å². The van der Waals surface area contributed by atoms with E-state index < -0.39 is 51.9 Å². The first-order chi connectivity index (χ1) is 22.3. The van der Waals surface area contributed by atoms with Gasteiger partial charge >= 0.3 is 0 Å². The summed E-state index contributed by atoms with van der Waals surface area (Å²) in [7, 11) is -2.40. The van der Waals surface area contributed by atoms with Crippen LogP contribution in [0.25, 0.3) is 0 Å². The van der Waals surface area contributed by atoms with Crippen molar-refractivity contribution in [3.05, 3.63) is 65.2 Å². The van der Waals surface area contributed by atoms with E-state index in [0.29, 0.717) is 6.42 Å². The van der Waals surface area contributed by atoms with Crippen molar-refractivity contribution in [3.63, 3.8) is 0 Å². The average Bonchev–Trinajstić information content (AvgIpc) is 3.00. The molecule has 48 heavy (non-hydrogen) atoms. The summed E-state index contributed by atoms with van der Waals surface area (Å²) >= 11 is 0. The van der Waals surface area contributed by atoms with Crippen LogP contribution in [0, 0.1) is 17.8 Å². The highest BCUT2D eigenvalue weighted by atomic mass is 32.2. The minimum Gasteiger partial charge on any atom is -0.391 e. The lowest BCUT2D eigenvalue weighted by molar-refractivity contribution is -0.132. The van der Waals surface area contributed by atoms with Gasteiger partial charge in [0.15, 0.2) is 0 Å². The molecule has 2 rings (SSSR count). The molecule has 266 valence electrons. The number of aliphatic hydroxyl groups is 1. The second-order valence-electron chi connectivity index (χ2n) is 13.5.